The Balaban J connectivity index is 1.58. The first-order chi connectivity index (χ1) is 14.9. The fraction of sp³-hybridized carbons (Fsp3) is 0.130. The Morgan fingerprint density at radius 3 is 2.45 bits per heavy atom. The van der Waals surface area contributed by atoms with Crippen molar-refractivity contribution in [2.45, 2.75) is 19.9 Å². The molecule has 0 aliphatic heterocycles. The summed E-state index contributed by atoms with van der Waals surface area (Å²) in [4.78, 5) is 40.7. The molecule has 2 aromatic carbocycles. The van der Waals surface area contributed by atoms with E-state index < -0.39 is 11.9 Å². The minimum Gasteiger partial charge on any atom is -0.478 e. The normalized spacial score (nSPS) is 10.9. The highest BCUT2D eigenvalue weighted by atomic mass is 16.4. The molecule has 2 heterocycles. The summed E-state index contributed by atoms with van der Waals surface area (Å²) in [6.07, 6.45) is 0.330. The fourth-order valence-corrected chi connectivity index (χ4v) is 3.36. The van der Waals surface area contributed by atoms with E-state index in [2.05, 4.69) is 15.4 Å². The lowest BCUT2D eigenvalue weighted by Crippen LogP contribution is -2.25. The molecule has 0 saturated heterocycles. The van der Waals surface area contributed by atoms with Gasteiger partial charge in [0.1, 0.15) is 0 Å². The average molecular weight is 416 g/mol. The second kappa shape index (κ2) is 8.27. The molecule has 8 nitrogen and oxygen atoms in total. The number of aromatic carboxylic acids is 1. The molecule has 0 fully saturated rings. The molecule has 4 rings (SSSR count). The standard InChI is InChI=1S/C23H20N4O4/c1-14-11-18(12-15-7-9-17(10-8-15)23(30)31)22(29)27-20(14)25-19(26-27)21(28)24-13-16-5-3-2-4-6-16/h2-11H,12-13H2,1H3,(H,24,28)(H,25,26)(H,30,31). The van der Waals surface area contributed by atoms with Crippen LogP contribution in [0.15, 0.2) is 65.5 Å². The lowest BCUT2D eigenvalue weighted by atomic mass is 10.0. The quantitative estimate of drug-likeness (QED) is 0.447. The van der Waals surface area contributed by atoms with Gasteiger partial charge in [0.05, 0.1) is 5.56 Å². The van der Waals surface area contributed by atoms with Gasteiger partial charge in [0.15, 0.2) is 5.65 Å². The molecular formula is C23H20N4O4. The third-order valence-corrected chi connectivity index (χ3v) is 4.97. The summed E-state index contributed by atoms with van der Waals surface area (Å²) in [6.45, 7) is 2.17. The molecule has 0 unspecified atom stereocenters. The molecule has 1 amide bonds. The summed E-state index contributed by atoms with van der Waals surface area (Å²) in [7, 11) is 0. The zero-order valence-electron chi connectivity index (χ0n) is 16.8. The molecule has 0 saturated carbocycles. The number of pyridine rings is 1. The highest BCUT2D eigenvalue weighted by Crippen LogP contribution is 2.13. The van der Waals surface area contributed by atoms with E-state index in [0.717, 1.165) is 16.7 Å². The van der Waals surface area contributed by atoms with Crippen molar-refractivity contribution >= 4 is 17.5 Å². The summed E-state index contributed by atoms with van der Waals surface area (Å²) < 4.78 is 1.27. The summed E-state index contributed by atoms with van der Waals surface area (Å²) in [5.74, 6) is -1.35. The maximum Gasteiger partial charge on any atom is 0.335 e. The van der Waals surface area contributed by atoms with Gasteiger partial charge < -0.3 is 10.4 Å². The molecule has 4 aromatic rings. The Morgan fingerprint density at radius 1 is 1.06 bits per heavy atom. The molecule has 0 spiro atoms. The van der Waals surface area contributed by atoms with Gasteiger partial charge in [0.2, 0.25) is 5.82 Å². The second-order valence-corrected chi connectivity index (χ2v) is 7.24. The van der Waals surface area contributed by atoms with Crippen molar-refractivity contribution in [1.29, 1.82) is 0 Å². The van der Waals surface area contributed by atoms with Crippen LogP contribution >= 0.6 is 0 Å². The van der Waals surface area contributed by atoms with E-state index in [1.807, 2.05) is 37.3 Å². The lowest BCUT2D eigenvalue weighted by molar-refractivity contribution is 0.0696. The highest BCUT2D eigenvalue weighted by Gasteiger charge is 2.16. The third kappa shape index (κ3) is 4.23. The topological polar surface area (TPSA) is 117 Å². The number of carbonyl (C=O) groups excluding carboxylic acids is 1. The number of nitrogens with zero attached hydrogens (tertiary/aromatic N) is 2. The first-order valence-corrected chi connectivity index (χ1v) is 9.68. The Kier molecular flexibility index (Phi) is 5.36. The number of hydrogen-bond acceptors (Lipinski definition) is 4. The van der Waals surface area contributed by atoms with Crippen LogP contribution in [-0.2, 0) is 13.0 Å². The van der Waals surface area contributed by atoms with E-state index in [4.69, 9.17) is 5.11 Å². The predicted octanol–water partition coefficient (Wildman–Crippen LogP) is 2.55. The number of carboxylic acids is 1. The third-order valence-electron chi connectivity index (χ3n) is 4.97. The minimum atomic E-state index is -1.00. The van der Waals surface area contributed by atoms with E-state index in [1.165, 1.54) is 16.6 Å². The number of carboxylic acid groups (broad SMARTS) is 1. The number of aryl methyl sites for hydroxylation is 1. The maximum atomic E-state index is 12.9. The molecule has 3 N–H and O–H groups in total. The number of hydrogen-bond donors (Lipinski definition) is 3. The van der Waals surface area contributed by atoms with E-state index in [9.17, 15) is 14.4 Å². The zero-order chi connectivity index (χ0) is 22.0. The smallest absolute Gasteiger partial charge is 0.335 e. The number of aromatic nitrogens is 3. The molecular weight excluding hydrogens is 396 g/mol. The molecule has 8 heteroatoms. The van der Waals surface area contributed by atoms with Crippen LogP contribution in [0.25, 0.3) is 5.65 Å². The van der Waals surface area contributed by atoms with Crippen molar-refractivity contribution < 1.29 is 14.7 Å². The monoisotopic (exact) mass is 416 g/mol. The van der Waals surface area contributed by atoms with Crippen molar-refractivity contribution in [3.63, 3.8) is 0 Å². The van der Waals surface area contributed by atoms with Crippen LogP contribution in [0, 0.1) is 6.92 Å². The minimum absolute atomic E-state index is 0.0547. The van der Waals surface area contributed by atoms with Crippen molar-refractivity contribution in [2.75, 3.05) is 0 Å². The number of benzene rings is 2. The van der Waals surface area contributed by atoms with Gasteiger partial charge in [0, 0.05) is 18.5 Å². The van der Waals surface area contributed by atoms with Crippen molar-refractivity contribution in [3.05, 3.63) is 105 Å². The number of fused-ring (bicyclic) bond motifs is 1. The zero-order valence-corrected chi connectivity index (χ0v) is 16.8. The first kappa shape index (κ1) is 20.1. The maximum absolute atomic E-state index is 12.9. The molecule has 0 radical (unpaired) electrons. The molecule has 0 atom stereocenters. The number of H-pyrrole nitrogens is 1. The van der Waals surface area contributed by atoms with Gasteiger partial charge in [-0.05, 0) is 41.8 Å². The van der Waals surface area contributed by atoms with Gasteiger partial charge in [0.25, 0.3) is 11.5 Å². The molecule has 0 aliphatic rings. The SMILES string of the molecule is Cc1cc(Cc2ccc(C(=O)O)cc2)c(=O)n2[nH]c(C(=O)NCc3ccccc3)nc12. The Morgan fingerprint density at radius 2 is 1.77 bits per heavy atom. The molecule has 156 valence electrons. The fourth-order valence-electron chi connectivity index (χ4n) is 3.36. The van der Waals surface area contributed by atoms with Crippen LogP contribution in [-0.4, -0.2) is 31.6 Å². The number of carbonyl (C=O) groups is 2. The summed E-state index contributed by atoms with van der Waals surface area (Å²) in [5.41, 5.74) is 3.29. The van der Waals surface area contributed by atoms with Gasteiger partial charge >= 0.3 is 5.97 Å². The van der Waals surface area contributed by atoms with Crippen LogP contribution in [0.3, 0.4) is 0 Å². The van der Waals surface area contributed by atoms with Crippen LogP contribution in [0.2, 0.25) is 0 Å². The van der Waals surface area contributed by atoms with Crippen molar-refractivity contribution in [1.82, 2.24) is 19.9 Å². The molecule has 31 heavy (non-hydrogen) atoms. The number of nitrogens with one attached hydrogen (secondary N) is 2. The Hall–Kier alpha value is -4.20. The van der Waals surface area contributed by atoms with E-state index in [0.29, 0.717) is 24.2 Å². The van der Waals surface area contributed by atoms with Gasteiger partial charge in [-0.25, -0.2) is 9.78 Å². The average Bonchev–Trinajstić information content (AvgIpc) is 3.23. The van der Waals surface area contributed by atoms with E-state index in [-0.39, 0.29) is 16.9 Å². The van der Waals surface area contributed by atoms with Gasteiger partial charge in [-0.3, -0.25) is 14.7 Å². The molecule has 0 bridgehead atoms. The largest absolute Gasteiger partial charge is 0.478 e. The molecule has 2 aromatic heterocycles. The van der Waals surface area contributed by atoms with Gasteiger partial charge in [-0.1, -0.05) is 42.5 Å². The van der Waals surface area contributed by atoms with Crippen LogP contribution in [0.1, 0.15) is 43.2 Å². The first-order valence-electron chi connectivity index (χ1n) is 9.68. The highest BCUT2D eigenvalue weighted by molar-refractivity contribution is 5.91. The molecule has 0 aliphatic carbocycles. The number of amides is 1. The Bertz CT molecular complexity index is 1320. The van der Waals surface area contributed by atoms with Gasteiger partial charge in [-0.2, -0.15) is 4.52 Å². The van der Waals surface area contributed by atoms with Crippen LogP contribution in [0.4, 0.5) is 0 Å². The van der Waals surface area contributed by atoms with Crippen LogP contribution in [0.5, 0.6) is 0 Å². The summed E-state index contributed by atoms with van der Waals surface area (Å²) in [5, 5.41) is 14.6. The second-order valence-electron chi connectivity index (χ2n) is 7.24. The van der Waals surface area contributed by atoms with Gasteiger partial charge in [-0.15, -0.1) is 0 Å². The number of rotatable bonds is 6. The van der Waals surface area contributed by atoms with Crippen molar-refractivity contribution in [3.8, 4) is 0 Å². The number of aromatic amines is 1. The Labute approximate surface area is 177 Å². The van der Waals surface area contributed by atoms with Crippen LogP contribution < -0.4 is 10.9 Å². The van der Waals surface area contributed by atoms with E-state index in [1.54, 1.807) is 18.2 Å². The van der Waals surface area contributed by atoms with E-state index >= 15 is 0 Å². The summed E-state index contributed by atoms with van der Waals surface area (Å²) >= 11 is 0. The van der Waals surface area contributed by atoms with Crippen molar-refractivity contribution in [2.24, 2.45) is 0 Å². The lowest BCUT2D eigenvalue weighted by Gasteiger charge is -2.05. The summed E-state index contributed by atoms with van der Waals surface area (Å²) in [6, 6.07) is 17.6. The predicted molar refractivity (Wildman–Crippen MR) is 114 cm³/mol.